The molecule has 126 valence electrons. The standard InChI is InChI=1S/C19H18N4O2/c1-21-13-20-16-11-14(7-8-17(16)21)19(25)22-9-10-23(18(24)12-22)15-5-3-2-4-6-15/h2-8,11,13H,9-10,12H2,1H3. The Morgan fingerprint density at radius 3 is 2.64 bits per heavy atom. The van der Waals surface area contributed by atoms with Crippen LogP contribution in [0, 0.1) is 0 Å². The van der Waals surface area contributed by atoms with Crippen LogP contribution in [0.25, 0.3) is 11.0 Å². The van der Waals surface area contributed by atoms with E-state index in [2.05, 4.69) is 4.98 Å². The van der Waals surface area contributed by atoms with Crippen LogP contribution in [0.5, 0.6) is 0 Å². The van der Waals surface area contributed by atoms with Crippen molar-refractivity contribution in [2.75, 3.05) is 24.5 Å². The van der Waals surface area contributed by atoms with Crippen LogP contribution in [-0.4, -0.2) is 45.9 Å². The number of nitrogens with zero attached hydrogens (tertiary/aromatic N) is 4. The molecule has 6 heteroatoms. The van der Waals surface area contributed by atoms with Gasteiger partial charge in [0.2, 0.25) is 5.91 Å². The van der Waals surface area contributed by atoms with Crippen LogP contribution in [0.15, 0.2) is 54.9 Å². The Bertz CT molecular complexity index is 948. The van der Waals surface area contributed by atoms with E-state index in [-0.39, 0.29) is 18.4 Å². The minimum atomic E-state index is -0.131. The van der Waals surface area contributed by atoms with Gasteiger partial charge in [0.05, 0.1) is 17.4 Å². The molecular formula is C19H18N4O2. The zero-order valence-electron chi connectivity index (χ0n) is 13.9. The van der Waals surface area contributed by atoms with E-state index in [0.717, 1.165) is 16.7 Å². The van der Waals surface area contributed by atoms with Gasteiger partial charge in [-0.15, -0.1) is 0 Å². The number of carbonyl (C=O) groups excluding carboxylic acids is 2. The number of aromatic nitrogens is 2. The monoisotopic (exact) mass is 334 g/mol. The molecule has 4 rings (SSSR count). The van der Waals surface area contributed by atoms with Crippen LogP contribution in [-0.2, 0) is 11.8 Å². The number of hydrogen-bond acceptors (Lipinski definition) is 3. The number of aryl methyl sites for hydroxylation is 1. The summed E-state index contributed by atoms with van der Waals surface area (Å²) in [5, 5.41) is 0. The number of benzene rings is 2. The fourth-order valence-electron chi connectivity index (χ4n) is 3.18. The first-order chi connectivity index (χ1) is 12.1. The molecule has 0 atom stereocenters. The van der Waals surface area contributed by atoms with Gasteiger partial charge >= 0.3 is 0 Å². The van der Waals surface area contributed by atoms with Gasteiger partial charge in [-0.3, -0.25) is 9.59 Å². The number of amides is 2. The highest BCUT2D eigenvalue weighted by molar-refractivity contribution is 6.02. The smallest absolute Gasteiger partial charge is 0.254 e. The summed E-state index contributed by atoms with van der Waals surface area (Å²) in [4.78, 5) is 32.9. The molecule has 2 aromatic carbocycles. The first-order valence-corrected chi connectivity index (χ1v) is 8.19. The summed E-state index contributed by atoms with van der Waals surface area (Å²) in [6.45, 7) is 1.11. The molecule has 0 saturated carbocycles. The number of imidazole rings is 1. The molecule has 0 unspecified atom stereocenters. The molecule has 1 fully saturated rings. The van der Waals surface area contributed by atoms with Crippen molar-refractivity contribution in [2.45, 2.75) is 0 Å². The summed E-state index contributed by atoms with van der Waals surface area (Å²) in [5.41, 5.74) is 3.19. The normalized spacial score (nSPS) is 15.0. The zero-order valence-corrected chi connectivity index (χ0v) is 13.9. The summed E-state index contributed by atoms with van der Waals surface area (Å²) in [6.07, 6.45) is 1.72. The highest BCUT2D eigenvalue weighted by Crippen LogP contribution is 2.19. The topological polar surface area (TPSA) is 58.4 Å². The van der Waals surface area contributed by atoms with E-state index >= 15 is 0 Å². The average Bonchev–Trinajstić information content (AvgIpc) is 3.02. The second-order valence-electron chi connectivity index (χ2n) is 6.17. The maximum absolute atomic E-state index is 12.8. The first-order valence-electron chi connectivity index (χ1n) is 8.19. The van der Waals surface area contributed by atoms with Crippen molar-refractivity contribution in [3.63, 3.8) is 0 Å². The van der Waals surface area contributed by atoms with Gasteiger partial charge in [-0.25, -0.2) is 4.98 Å². The van der Waals surface area contributed by atoms with Crippen molar-refractivity contribution in [1.82, 2.24) is 14.5 Å². The van der Waals surface area contributed by atoms with Crippen molar-refractivity contribution in [1.29, 1.82) is 0 Å². The lowest BCUT2D eigenvalue weighted by molar-refractivity contribution is -0.120. The fourth-order valence-corrected chi connectivity index (χ4v) is 3.18. The Morgan fingerprint density at radius 1 is 1.08 bits per heavy atom. The molecule has 1 aliphatic rings. The molecule has 0 spiro atoms. The van der Waals surface area contributed by atoms with Crippen molar-refractivity contribution >= 4 is 28.5 Å². The minimum Gasteiger partial charge on any atom is -0.334 e. The molecule has 6 nitrogen and oxygen atoms in total. The van der Waals surface area contributed by atoms with Gasteiger partial charge in [0, 0.05) is 31.4 Å². The van der Waals surface area contributed by atoms with Gasteiger partial charge in [-0.2, -0.15) is 0 Å². The van der Waals surface area contributed by atoms with Gasteiger partial charge in [-0.05, 0) is 30.3 Å². The van der Waals surface area contributed by atoms with Crippen LogP contribution in [0.2, 0.25) is 0 Å². The van der Waals surface area contributed by atoms with Gasteiger partial charge in [-0.1, -0.05) is 18.2 Å². The van der Waals surface area contributed by atoms with E-state index in [9.17, 15) is 9.59 Å². The van der Waals surface area contributed by atoms with Crippen LogP contribution in [0.3, 0.4) is 0 Å². The summed E-state index contributed by atoms with van der Waals surface area (Å²) in [7, 11) is 1.91. The molecule has 25 heavy (non-hydrogen) atoms. The van der Waals surface area contributed by atoms with Crippen molar-refractivity contribution in [2.24, 2.45) is 7.05 Å². The van der Waals surface area contributed by atoms with Gasteiger partial charge < -0.3 is 14.4 Å². The average molecular weight is 334 g/mol. The van der Waals surface area contributed by atoms with E-state index < -0.39 is 0 Å². The lowest BCUT2D eigenvalue weighted by atomic mass is 10.1. The summed E-state index contributed by atoms with van der Waals surface area (Å²) in [5.74, 6) is -0.196. The van der Waals surface area contributed by atoms with E-state index in [1.165, 1.54) is 0 Å². The Labute approximate surface area is 145 Å². The Hall–Kier alpha value is -3.15. The number of rotatable bonds is 2. The lowest BCUT2D eigenvalue weighted by Gasteiger charge is -2.34. The van der Waals surface area contributed by atoms with Gasteiger partial charge in [0.15, 0.2) is 0 Å². The Kier molecular flexibility index (Phi) is 3.72. The van der Waals surface area contributed by atoms with Gasteiger partial charge in [0.25, 0.3) is 5.91 Å². The molecule has 1 saturated heterocycles. The van der Waals surface area contributed by atoms with Crippen LogP contribution < -0.4 is 4.90 Å². The fraction of sp³-hybridized carbons (Fsp3) is 0.211. The van der Waals surface area contributed by atoms with Crippen molar-refractivity contribution in [3.05, 3.63) is 60.4 Å². The summed E-state index contributed by atoms with van der Waals surface area (Å²) < 4.78 is 1.91. The zero-order chi connectivity index (χ0) is 17.4. The number of fused-ring (bicyclic) bond motifs is 1. The molecule has 2 amide bonds. The SMILES string of the molecule is Cn1cnc2cc(C(=O)N3CCN(c4ccccc4)C(=O)C3)ccc21. The number of piperazine rings is 1. The number of para-hydroxylation sites is 1. The van der Waals surface area contributed by atoms with Crippen LogP contribution in [0.1, 0.15) is 10.4 Å². The highest BCUT2D eigenvalue weighted by atomic mass is 16.2. The maximum atomic E-state index is 12.8. The maximum Gasteiger partial charge on any atom is 0.254 e. The Morgan fingerprint density at radius 2 is 1.88 bits per heavy atom. The predicted molar refractivity (Wildman–Crippen MR) is 95.4 cm³/mol. The van der Waals surface area contributed by atoms with E-state index in [4.69, 9.17) is 0 Å². The second-order valence-corrected chi connectivity index (χ2v) is 6.17. The minimum absolute atomic E-state index is 0.0651. The molecular weight excluding hydrogens is 316 g/mol. The van der Waals surface area contributed by atoms with Crippen LogP contribution in [0.4, 0.5) is 5.69 Å². The van der Waals surface area contributed by atoms with Crippen LogP contribution >= 0.6 is 0 Å². The third kappa shape index (κ3) is 2.76. The second kappa shape index (κ2) is 6.05. The quantitative estimate of drug-likeness (QED) is 0.721. The number of anilines is 1. The summed E-state index contributed by atoms with van der Waals surface area (Å²) >= 11 is 0. The molecule has 0 bridgehead atoms. The molecule has 0 aliphatic carbocycles. The molecule has 0 N–H and O–H groups in total. The molecule has 0 radical (unpaired) electrons. The van der Waals surface area contributed by atoms with E-state index in [0.29, 0.717) is 18.7 Å². The molecule has 2 heterocycles. The Balaban J connectivity index is 1.52. The highest BCUT2D eigenvalue weighted by Gasteiger charge is 2.28. The lowest BCUT2D eigenvalue weighted by Crippen LogP contribution is -2.52. The first kappa shape index (κ1) is 15.4. The largest absolute Gasteiger partial charge is 0.334 e. The van der Waals surface area contributed by atoms with E-state index in [1.54, 1.807) is 28.3 Å². The van der Waals surface area contributed by atoms with E-state index in [1.807, 2.05) is 48.0 Å². The van der Waals surface area contributed by atoms with Crippen molar-refractivity contribution in [3.8, 4) is 0 Å². The van der Waals surface area contributed by atoms with Gasteiger partial charge in [0.1, 0.15) is 6.54 Å². The third-order valence-electron chi connectivity index (χ3n) is 4.55. The third-order valence-corrected chi connectivity index (χ3v) is 4.55. The van der Waals surface area contributed by atoms with Crippen molar-refractivity contribution < 1.29 is 9.59 Å². The molecule has 1 aliphatic heterocycles. The number of carbonyl (C=O) groups is 2. The molecule has 3 aromatic rings. The predicted octanol–water partition coefficient (Wildman–Crippen LogP) is 2.06. The summed E-state index contributed by atoms with van der Waals surface area (Å²) in [6, 6.07) is 15.0. The number of hydrogen-bond donors (Lipinski definition) is 0. The molecule has 1 aromatic heterocycles.